The maximum atomic E-state index is 14.2. The zero-order valence-electron chi connectivity index (χ0n) is 71.9. The van der Waals surface area contributed by atoms with Gasteiger partial charge in [0.1, 0.15) is 42.9 Å². The number of sulfone groups is 2. The standard InChI is InChI=1S/C26H26FN3O3S.C22H19FN2O2.C20H15FN2O2.C12H9BrFNO2.C10H12BNO2.C6H13NO2S/c1-26(2,28-3)18-7-5-17(6-8-18)24-21-15-19(27)9-10-23(21)29-16-22(24)25(31)30-13-11-20(12-14-30)34(4,32)33;1-5-27-21(26)18-13-25-19-11-10-16(23)12-17(19)20(18)14-6-8-15(9-7-14)22(2,3)24-4;1-20(2,22-3)13-6-4-12(5-7-13)18-15-10-14(21)8-9-17(15)23-11-16(18)19(24)25;1-2-17-12(16)9-6-15-10-4-3-7(14)5-8(10)11(9)13;1-10(2,7-12)8-3-5-9(6-4-8)11(13)14;1-10(8,9)6-2-4-7-5-3-6/h5-10,15-16,20H,11-14H2,1-2,4H3;6-13H,5H2,1-3H3;4-11H,1-2H3,(H,24,25);3-6H,2H2,1H3;3-6,13-14H,1-2H3;6-7H,2-5H2,1H3. The van der Waals surface area contributed by atoms with Gasteiger partial charge in [-0.05, 0) is 183 Å². The molecule has 2 aliphatic heterocycles. The van der Waals surface area contributed by atoms with Crippen LogP contribution >= 0.6 is 15.9 Å². The predicted octanol–water partition coefficient (Wildman–Crippen LogP) is 18.4. The SMILES string of the molecule is CC(C)(C#N)c1ccc(B(O)O)cc1.CCOC(=O)c1cnc2ccc(F)cc2c1Br.CS(=O)(=O)C1CCNCC1.[C-]#[N+]C(C)(C)c1ccc(-c2c(C(=O)N3CCC(S(C)(=O)=O)CC3)cnc3ccc(F)cc23)cc1.[C-]#[N+]C(C)(C)c1ccc(-c2c(C(=O)O)cnc3ccc(F)cc23)cc1.[C-]#[N+]C(C)(C)c1ccc(-c2c(C(=O)OCC)cnc3ccc(F)cc23)cc1. The Labute approximate surface area is 744 Å². The molecule has 656 valence electrons. The van der Waals surface area contributed by atoms with Gasteiger partial charge in [-0.15, -0.1) is 0 Å². The number of aromatic nitrogens is 4. The first-order chi connectivity index (χ1) is 59.9. The number of fused-ring (bicyclic) bond motifs is 4. The Morgan fingerprint density at radius 1 is 0.496 bits per heavy atom. The average Bonchev–Trinajstić information content (AvgIpc) is 0.775. The third-order valence-electron chi connectivity index (χ3n) is 21.6. The number of benzene rings is 8. The van der Waals surface area contributed by atoms with E-state index in [1.165, 1.54) is 91.9 Å². The smallest absolute Gasteiger partial charge is 0.478 e. The molecule has 31 heteroatoms. The molecule has 12 aromatic rings. The van der Waals surface area contributed by atoms with E-state index in [-0.39, 0.29) is 41.3 Å². The van der Waals surface area contributed by atoms with E-state index >= 15 is 0 Å². The fourth-order valence-corrected chi connectivity index (χ4v) is 16.7. The number of amides is 1. The molecule has 23 nitrogen and oxygen atoms in total. The zero-order valence-corrected chi connectivity index (χ0v) is 75.2. The highest BCUT2D eigenvalue weighted by molar-refractivity contribution is 9.10. The van der Waals surface area contributed by atoms with E-state index in [0.717, 1.165) is 59.3 Å². The van der Waals surface area contributed by atoms with Crippen molar-refractivity contribution in [3.05, 3.63) is 301 Å². The zero-order chi connectivity index (χ0) is 93.3. The highest BCUT2D eigenvalue weighted by Gasteiger charge is 2.34. The lowest BCUT2D eigenvalue weighted by atomic mass is 9.78. The van der Waals surface area contributed by atoms with Crippen molar-refractivity contribution in [2.24, 2.45) is 0 Å². The summed E-state index contributed by atoms with van der Waals surface area (Å²) < 4.78 is 111. The lowest BCUT2D eigenvalue weighted by molar-refractivity contribution is 0.0516. The number of carboxylic acids is 1. The molecule has 1 amide bonds. The summed E-state index contributed by atoms with van der Waals surface area (Å²) in [6.45, 7) is 43.0. The summed E-state index contributed by atoms with van der Waals surface area (Å²) >= 11 is 3.28. The Morgan fingerprint density at radius 2 is 0.811 bits per heavy atom. The van der Waals surface area contributed by atoms with Crippen LogP contribution in [0.25, 0.3) is 91.5 Å². The molecule has 0 unspecified atom stereocenters. The molecule has 0 aliphatic carbocycles. The number of carbonyl (C=O) groups is 4. The van der Waals surface area contributed by atoms with Crippen LogP contribution in [-0.2, 0) is 51.2 Å². The molecule has 127 heavy (non-hydrogen) atoms. The number of hydrogen-bond acceptors (Lipinski definition) is 18. The molecule has 4 N–H and O–H groups in total. The molecule has 6 heterocycles. The van der Waals surface area contributed by atoms with Crippen LogP contribution in [0.5, 0.6) is 0 Å². The fourth-order valence-electron chi connectivity index (χ4n) is 13.9. The second kappa shape index (κ2) is 42.1. The second-order valence-corrected chi connectivity index (χ2v) is 37.5. The third kappa shape index (κ3) is 24.5. The summed E-state index contributed by atoms with van der Waals surface area (Å²) in [5, 5.41) is 40.8. The number of likely N-dealkylation sites (tertiary alicyclic amines) is 1. The lowest BCUT2D eigenvalue weighted by Crippen LogP contribution is -2.42. The van der Waals surface area contributed by atoms with E-state index in [1.807, 2.05) is 104 Å². The summed E-state index contributed by atoms with van der Waals surface area (Å²) in [7, 11) is -7.37. The minimum atomic E-state index is -3.16. The van der Waals surface area contributed by atoms with Gasteiger partial charge < -0.3 is 49.4 Å². The summed E-state index contributed by atoms with van der Waals surface area (Å²) in [5.41, 5.74) is 8.17. The van der Waals surface area contributed by atoms with Gasteiger partial charge in [-0.1, -0.05) is 97.1 Å². The van der Waals surface area contributed by atoms with Gasteiger partial charge >= 0.3 is 25.0 Å². The van der Waals surface area contributed by atoms with Crippen molar-refractivity contribution >= 4 is 116 Å². The number of nitrogens with zero attached hydrogens (tertiary/aromatic N) is 9. The van der Waals surface area contributed by atoms with Crippen molar-refractivity contribution in [3.8, 4) is 39.4 Å². The molecule has 0 bridgehead atoms. The van der Waals surface area contributed by atoms with Gasteiger partial charge in [-0.3, -0.25) is 24.7 Å². The molecule has 14 rings (SSSR count). The largest absolute Gasteiger partial charge is 0.488 e. The number of nitriles is 1. The third-order valence-corrected chi connectivity index (χ3v) is 25.8. The molecular weight excluding hydrogens is 1730 g/mol. The Hall–Kier alpha value is -12.7. The van der Waals surface area contributed by atoms with Gasteiger partial charge in [-0.2, -0.15) is 5.26 Å². The number of rotatable bonds is 16. The van der Waals surface area contributed by atoms with Crippen LogP contribution in [0.3, 0.4) is 0 Å². The Balaban J connectivity index is 0.000000179. The van der Waals surface area contributed by atoms with E-state index in [1.54, 1.807) is 85.5 Å². The van der Waals surface area contributed by atoms with Gasteiger partial charge in [0.25, 0.3) is 22.5 Å². The van der Waals surface area contributed by atoms with E-state index in [0.29, 0.717) is 113 Å². The monoisotopic (exact) mass is 1820 g/mol. The van der Waals surface area contributed by atoms with E-state index in [4.69, 9.17) is 44.5 Å². The number of esters is 2. The van der Waals surface area contributed by atoms with Crippen LogP contribution in [0, 0.1) is 54.3 Å². The predicted molar refractivity (Wildman–Crippen MR) is 488 cm³/mol. The highest BCUT2D eigenvalue weighted by Crippen LogP contribution is 2.40. The summed E-state index contributed by atoms with van der Waals surface area (Å²) in [4.78, 5) is 78.7. The average molecular weight is 1830 g/mol. The van der Waals surface area contributed by atoms with Gasteiger partial charge in [0.15, 0.2) is 0 Å². The van der Waals surface area contributed by atoms with Crippen molar-refractivity contribution in [1.29, 1.82) is 5.26 Å². The number of aromatic carboxylic acids is 1. The van der Waals surface area contributed by atoms with Crippen molar-refractivity contribution < 1.29 is 78.2 Å². The van der Waals surface area contributed by atoms with Crippen LogP contribution in [0.2, 0.25) is 0 Å². The molecule has 0 saturated carbocycles. The number of nitrogens with one attached hydrogen (secondary N) is 1. The maximum absolute atomic E-state index is 14.2. The fraction of sp³-hybridized carbons (Fsp3) is 0.292. The van der Waals surface area contributed by atoms with E-state index in [2.05, 4.69) is 61.8 Å². The van der Waals surface area contributed by atoms with Gasteiger partial charge in [0, 0.05) is 151 Å². The number of pyridine rings is 4. The number of halogens is 5. The van der Waals surface area contributed by atoms with Crippen LogP contribution < -0.4 is 10.8 Å². The molecule has 4 aromatic heterocycles. The van der Waals surface area contributed by atoms with Gasteiger partial charge in [0.05, 0.1) is 79.5 Å². The number of ether oxygens (including phenoxy) is 2. The molecule has 0 spiro atoms. The molecule has 0 atom stereocenters. The van der Waals surface area contributed by atoms with Crippen LogP contribution in [0.15, 0.2) is 199 Å². The van der Waals surface area contributed by atoms with Crippen molar-refractivity contribution in [1.82, 2.24) is 30.2 Å². The van der Waals surface area contributed by atoms with E-state index < -0.39 is 89.4 Å². The number of hydrogen-bond donors (Lipinski definition) is 4. The topological polar surface area (TPSA) is 319 Å². The highest BCUT2D eigenvalue weighted by atomic mass is 79.9. The van der Waals surface area contributed by atoms with Crippen molar-refractivity contribution in [3.63, 3.8) is 0 Å². The first-order valence-electron chi connectivity index (χ1n) is 40.2. The summed E-state index contributed by atoms with van der Waals surface area (Å²) in [6, 6.07) is 47.7. The minimum Gasteiger partial charge on any atom is -0.478 e. The summed E-state index contributed by atoms with van der Waals surface area (Å²) in [6.07, 6.45) is 10.6. The second-order valence-electron chi connectivity index (χ2n) is 32.1. The summed E-state index contributed by atoms with van der Waals surface area (Å²) in [5.74, 6) is -4.03. The van der Waals surface area contributed by atoms with E-state index in [9.17, 15) is 58.7 Å². The van der Waals surface area contributed by atoms with Crippen molar-refractivity contribution in [2.75, 3.05) is 51.9 Å². The number of carbonyl (C=O) groups excluding carboxylic acids is 3. The van der Waals surface area contributed by atoms with Crippen LogP contribution in [-0.4, -0.2) is 150 Å². The Bertz CT molecular complexity index is 6510. The number of piperidine rings is 2. The first kappa shape index (κ1) is 98.1. The Morgan fingerprint density at radius 3 is 1.15 bits per heavy atom. The maximum Gasteiger partial charge on any atom is 0.488 e. The molecule has 2 fully saturated rings. The molecule has 2 aliphatic rings. The Kier molecular flexibility index (Phi) is 32.5. The lowest BCUT2D eigenvalue weighted by Gasteiger charge is -2.31. The van der Waals surface area contributed by atoms with Crippen LogP contribution in [0.1, 0.15) is 159 Å². The van der Waals surface area contributed by atoms with Crippen LogP contribution in [0.4, 0.5) is 17.6 Å². The molecule has 2 saturated heterocycles. The molecule has 8 aromatic carbocycles. The molecule has 0 radical (unpaired) electrons. The van der Waals surface area contributed by atoms with Gasteiger partial charge in [0.2, 0.25) is 0 Å². The normalized spacial score (nSPS) is 13.1. The van der Waals surface area contributed by atoms with Gasteiger partial charge in [-0.25, -0.2) is 68.5 Å². The minimum absolute atomic E-state index is 0.00953. The molecular formula is C96H94BBrF4N10O13S2. The van der Waals surface area contributed by atoms with Crippen molar-refractivity contribution in [2.45, 2.75) is 127 Å². The quantitative estimate of drug-likeness (QED) is 0.0302. The number of carboxylic acid groups (broad SMARTS) is 1. The first-order valence-corrected chi connectivity index (χ1v) is 44.9.